The van der Waals surface area contributed by atoms with Crippen LogP contribution in [0.2, 0.25) is 0 Å². The number of hydrogen-bond donors (Lipinski definition) is 0. The molecule has 2 nitrogen and oxygen atoms in total. The van der Waals surface area contributed by atoms with Crippen LogP contribution < -0.4 is 0 Å². The van der Waals surface area contributed by atoms with Gasteiger partial charge in [-0.05, 0) is 0 Å². The summed E-state index contributed by atoms with van der Waals surface area (Å²) in [6.07, 6.45) is 0. The summed E-state index contributed by atoms with van der Waals surface area (Å²) in [5.74, 6) is 0. The van der Waals surface area contributed by atoms with Gasteiger partial charge in [0.15, 0.2) is 0 Å². The third-order valence-corrected chi connectivity index (χ3v) is 0. The Kier molecular flexibility index (Phi) is 171. The first kappa shape index (κ1) is 29.9. The third-order valence-electron chi connectivity index (χ3n) is 0. The molecule has 1 radical (unpaired) electrons. The van der Waals surface area contributed by atoms with E-state index in [1.54, 1.807) is 0 Å². The number of rotatable bonds is 0. The monoisotopic (exact) mass is 859 g/mol. The fraction of sp³-hybridized carbons (Fsp3) is 0. The summed E-state index contributed by atoms with van der Waals surface area (Å²) in [5, 5.41) is 0. The maximum atomic E-state index is 8.36. The predicted molar refractivity (Wildman–Crippen MR) is 52.5 cm³/mol. The van der Waals surface area contributed by atoms with Crippen molar-refractivity contribution < 1.29 is 5.73 Å². The molecule has 0 N–H and O–H groups in total. The molecule has 0 aromatic rings. The van der Waals surface area contributed by atoms with Crippen LogP contribution in [0.25, 0.3) is 0 Å². The van der Waals surface area contributed by atoms with Crippen LogP contribution in [-0.4, -0.2) is 77.1 Å². The Labute approximate surface area is 125 Å². The second-order valence-corrected chi connectivity index (χ2v) is 1.57. The predicted octanol–water partition coefficient (Wildman–Crippen LogP) is -0.823. The van der Waals surface area contributed by atoms with Gasteiger partial charge in [0.2, 0.25) is 0 Å². The average Bonchev–Trinajstić information content (AvgIpc) is 1.46. The van der Waals surface area contributed by atoms with Gasteiger partial charge < -0.3 is 0 Å². The molecule has 0 amide bonds. The molecule has 0 heterocycles. The molecule has 0 spiro atoms. The third kappa shape index (κ3) is 54.1. The molecular formula is H7Bi3Br2ClO2. The minimum absolute atomic E-state index is 0. The minimum atomic E-state index is 0. The van der Waals surface area contributed by atoms with Crippen LogP contribution in [0.3, 0.4) is 0 Å². The zero-order valence-electron chi connectivity index (χ0n) is 3.84. The first-order chi connectivity index (χ1) is 2.41. The van der Waals surface area contributed by atoms with Crippen molar-refractivity contribution in [3.8, 4) is 0 Å². The van der Waals surface area contributed by atoms with Crippen LogP contribution >= 0.6 is 44.9 Å². The molecule has 0 aromatic carbocycles. The second kappa shape index (κ2) is 45.8. The van der Waals surface area contributed by atoms with E-state index in [0.29, 0.717) is 0 Å². The van der Waals surface area contributed by atoms with Gasteiger partial charge >= 0.3 is 79.9 Å². The van der Waals surface area contributed by atoms with E-state index in [4.69, 9.17) is 2.81 Å². The van der Waals surface area contributed by atoms with Crippen LogP contribution in [0.5, 0.6) is 0 Å². The standard InChI is InChI=1S/3Bi.Br2O.ClH.O.6H/c;;;1-3-2;;;;;;;;/h;;;;1H;;;;;;;. The molecule has 0 aliphatic rings. The van der Waals surface area contributed by atoms with Crippen molar-refractivity contribution in [2.24, 2.45) is 0 Å². The summed E-state index contributed by atoms with van der Waals surface area (Å²) < 4.78 is 12.2. The molecule has 55 valence electrons. The van der Waals surface area contributed by atoms with E-state index in [1.807, 2.05) is 0 Å². The molecule has 0 atom stereocenters. The molecule has 0 saturated heterocycles. The Bertz CT molecular complexity index is 19.2. The van der Waals surface area contributed by atoms with Gasteiger partial charge in [-0.2, -0.15) is 0 Å². The Hall–Kier alpha value is 3.66. The molecule has 0 aromatic heterocycles. The summed E-state index contributed by atoms with van der Waals surface area (Å²) in [6.45, 7) is 0. The van der Waals surface area contributed by atoms with Gasteiger partial charge in [0.1, 0.15) is 32.5 Å². The van der Waals surface area contributed by atoms with Gasteiger partial charge in [-0.15, -0.1) is 12.4 Å². The second-order valence-electron chi connectivity index (χ2n) is 0.0583. The van der Waals surface area contributed by atoms with E-state index >= 15 is 0 Å². The van der Waals surface area contributed by atoms with Crippen molar-refractivity contribution in [2.45, 2.75) is 0 Å². The first-order valence-corrected chi connectivity index (χ1v) is 3.21. The zero-order chi connectivity index (χ0) is 4.71. The van der Waals surface area contributed by atoms with Crippen molar-refractivity contribution in [3.05, 3.63) is 0 Å². The molecule has 0 bridgehead atoms. The zero-order valence-corrected chi connectivity index (χ0v) is 22.3. The molecular weight excluding hydrogens is 854 g/mol. The quantitative estimate of drug-likeness (QED) is 0.298. The summed E-state index contributed by atoms with van der Waals surface area (Å²) in [7, 11) is 0. The van der Waals surface area contributed by atoms with Crippen molar-refractivity contribution in [1.82, 2.24) is 0 Å². The van der Waals surface area contributed by atoms with E-state index in [2.05, 4.69) is 35.4 Å². The van der Waals surface area contributed by atoms with E-state index < -0.39 is 0 Å². The van der Waals surface area contributed by atoms with Crippen molar-refractivity contribution in [1.29, 1.82) is 0 Å². The van der Waals surface area contributed by atoms with Gasteiger partial charge in [0.05, 0.1) is 0 Å². The van der Waals surface area contributed by atoms with E-state index in [9.17, 15) is 0 Å². The fourth-order valence-electron chi connectivity index (χ4n) is 0. The summed E-state index contributed by atoms with van der Waals surface area (Å²) in [4.78, 5) is 0. The molecule has 0 rings (SSSR count). The topological polar surface area (TPSA) is 26.3 Å². The Balaban J connectivity index is -0.00000000567. The van der Waals surface area contributed by atoms with E-state index in [-0.39, 0.29) is 89.5 Å². The van der Waals surface area contributed by atoms with Gasteiger partial charge in [-0.25, -0.2) is 2.92 Å². The van der Waals surface area contributed by atoms with Crippen molar-refractivity contribution in [3.63, 3.8) is 0 Å². The number of halogens is 3. The Morgan fingerprint density at radius 2 is 1.12 bits per heavy atom. The van der Waals surface area contributed by atoms with E-state index in [0.717, 1.165) is 0 Å². The molecule has 0 aliphatic heterocycles. The van der Waals surface area contributed by atoms with Crippen LogP contribution in [0.1, 0.15) is 0 Å². The molecule has 0 fully saturated rings. The first-order valence-electron chi connectivity index (χ1n) is 0.491. The Morgan fingerprint density at radius 1 is 1.12 bits per heavy atom. The van der Waals surface area contributed by atoms with Gasteiger partial charge in [-0.1, -0.05) is 0 Å². The van der Waals surface area contributed by atoms with E-state index in [1.165, 1.54) is 0 Å². The SMILES string of the molecule is BrOBr.Cl.[BiH3].[BiH3].[O]=[Bi]. The van der Waals surface area contributed by atoms with Crippen LogP contribution in [0.4, 0.5) is 0 Å². The van der Waals surface area contributed by atoms with Crippen LogP contribution in [0, 0.1) is 0 Å². The summed E-state index contributed by atoms with van der Waals surface area (Å²) >= 11 is 5.32. The van der Waals surface area contributed by atoms with Crippen LogP contribution in [-0.2, 0) is 5.73 Å². The van der Waals surface area contributed by atoms with Gasteiger partial charge in [0, 0.05) is 0 Å². The normalized spacial score (nSPS) is 2.75. The molecule has 0 aliphatic carbocycles. The van der Waals surface area contributed by atoms with Gasteiger partial charge in [-0.3, -0.25) is 0 Å². The Morgan fingerprint density at radius 3 is 1.12 bits per heavy atom. The van der Waals surface area contributed by atoms with Crippen molar-refractivity contribution >= 4 is 122 Å². The summed E-state index contributed by atoms with van der Waals surface area (Å²) in [6, 6.07) is 0. The summed E-state index contributed by atoms with van der Waals surface area (Å²) in [5.41, 5.74) is 0. The maximum absolute atomic E-state index is 8.36. The molecule has 0 unspecified atom stereocenters. The van der Waals surface area contributed by atoms with Gasteiger partial charge in [0.25, 0.3) is 0 Å². The van der Waals surface area contributed by atoms with Crippen LogP contribution in [0.15, 0.2) is 0 Å². The average molecular weight is 861 g/mol. The molecule has 0 saturated carbocycles. The number of hydrogen-bond acceptors (Lipinski definition) is 2. The molecule has 8 heteroatoms. The van der Waals surface area contributed by atoms with Crippen molar-refractivity contribution in [2.75, 3.05) is 0 Å². The fourth-order valence-corrected chi connectivity index (χ4v) is 0. The molecule has 8 heavy (non-hydrogen) atoms.